The number of nitrogens with two attached hydrogens (primary N) is 1. The van der Waals surface area contributed by atoms with Gasteiger partial charge >= 0.3 is 0 Å². The first-order valence-corrected chi connectivity index (χ1v) is 5.34. The van der Waals surface area contributed by atoms with E-state index in [1.807, 2.05) is 13.1 Å². The van der Waals surface area contributed by atoms with Crippen LogP contribution in [0.3, 0.4) is 0 Å². The molecule has 1 aromatic rings. The number of nitrogens with one attached hydrogen (secondary N) is 1. The number of rotatable bonds is 2. The Hall–Kier alpha value is -1.02. The fraction of sp³-hybridized carbons (Fsp3) is 0.500. The fourth-order valence-corrected chi connectivity index (χ4v) is 2.43. The van der Waals surface area contributed by atoms with Crippen LogP contribution in [0.15, 0.2) is 18.2 Å². The number of hydrogen-bond acceptors (Lipinski definition) is 2. The van der Waals surface area contributed by atoms with Gasteiger partial charge in [-0.25, -0.2) is 0 Å². The van der Waals surface area contributed by atoms with Crippen molar-refractivity contribution in [2.45, 2.75) is 25.2 Å². The molecule has 0 fully saturated rings. The fourth-order valence-electron chi connectivity index (χ4n) is 2.43. The Labute approximate surface area is 85.5 Å². The van der Waals surface area contributed by atoms with E-state index in [-0.39, 0.29) is 0 Å². The summed E-state index contributed by atoms with van der Waals surface area (Å²) in [4.78, 5) is 0. The molecule has 2 heteroatoms. The normalized spacial score (nSPS) is 20.5. The van der Waals surface area contributed by atoms with Crippen molar-refractivity contribution in [1.82, 2.24) is 5.32 Å². The number of hydrogen-bond donors (Lipinski definition) is 2. The molecule has 1 aliphatic carbocycles. The van der Waals surface area contributed by atoms with Crippen LogP contribution in [0, 0.1) is 0 Å². The van der Waals surface area contributed by atoms with Crippen molar-refractivity contribution in [3.63, 3.8) is 0 Å². The maximum atomic E-state index is 5.98. The first-order chi connectivity index (χ1) is 6.83. The van der Waals surface area contributed by atoms with Gasteiger partial charge in [0.1, 0.15) is 0 Å². The third-order valence-electron chi connectivity index (χ3n) is 3.12. The predicted molar refractivity (Wildman–Crippen MR) is 60.5 cm³/mol. The molecule has 2 nitrogen and oxygen atoms in total. The number of fused-ring (bicyclic) bond motifs is 1. The maximum Gasteiger partial charge on any atom is 0.0349 e. The van der Waals surface area contributed by atoms with Crippen molar-refractivity contribution in [3.05, 3.63) is 29.3 Å². The van der Waals surface area contributed by atoms with Gasteiger partial charge in [0.25, 0.3) is 0 Å². The number of benzene rings is 1. The van der Waals surface area contributed by atoms with Crippen molar-refractivity contribution in [1.29, 1.82) is 0 Å². The second-order valence-electron chi connectivity index (χ2n) is 4.06. The lowest BCUT2D eigenvalue weighted by molar-refractivity contribution is 0.530. The molecule has 0 saturated carbocycles. The summed E-state index contributed by atoms with van der Waals surface area (Å²) in [5, 5.41) is 3.26. The first kappa shape index (κ1) is 9.53. The Morgan fingerprint density at radius 2 is 2.36 bits per heavy atom. The van der Waals surface area contributed by atoms with E-state index in [4.69, 9.17) is 5.73 Å². The molecule has 0 amide bonds. The molecule has 0 aliphatic heterocycles. The second-order valence-corrected chi connectivity index (χ2v) is 4.06. The summed E-state index contributed by atoms with van der Waals surface area (Å²) in [7, 11) is 2.01. The van der Waals surface area contributed by atoms with Crippen molar-refractivity contribution < 1.29 is 0 Å². The molecule has 1 aliphatic rings. The summed E-state index contributed by atoms with van der Waals surface area (Å²) >= 11 is 0. The number of nitrogen functional groups attached to an aromatic ring is 1. The standard InChI is InChI=1S/C12H18N2/c1-14-8-9-4-2-6-11-10(9)5-3-7-12(11)13/h3,5,7,9,14H,2,4,6,8,13H2,1H3. The Kier molecular flexibility index (Phi) is 2.73. The summed E-state index contributed by atoms with van der Waals surface area (Å²) < 4.78 is 0. The van der Waals surface area contributed by atoms with Gasteiger partial charge in [-0.1, -0.05) is 12.1 Å². The van der Waals surface area contributed by atoms with Crippen LogP contribution in [0.4, 0.5) is 5.69 Å². The van der Waals surface area contributed by atoms with Crippen molar-refractivity contribution in [2.75, 3.05) is 19.3 Å². The van der Waals surface area contributed by atoms with E-state index >= 15 is 0 Å². The van der Waals surface area contributed by atoms with E-state index in [2.05, 4.69) is 17.4 Å². The zero-order chi connectivity index (χ0) is 9.97. The van der Waals surface area contributed by atoms with Crippen LogP contribution in [-0.4, -0.2) is 13.6 Å². The van der Waals surface area contributed by atoms with E-state index in [0.717, 1.165) is 18.7 Å². The Morgan fingerprint density at radius 1 is 1.50 bits per heavy atom. The van der Waals surface area contributed by atoms with Crippen molar-refractivity contribution in [3.8, 4) is 0 Å². The van der Waals surface area contributed by atoms with Crippen LogP contribution < -0.4 is 11.1 Å². The third kappa shape index (κ3) is 1.62. The van der Waals surface area contributed by atoms with Gasteiger partial charge in [-0.05, 0) is 49.4 Å². The lowest BCUT2D eigenvalue weighted by Gasteiger charge is -2.26. The molecule has 2 rings (SSSR count). The third-order valence-corrected chi connectivity index (χ3v) is 3.12. The van der Waals surface area contributed by atoms with Crippen LogP contribution >= 0.6 is 0 Å². The summed E-state index contributed by atoms with van der Waals surface area (Å²) in [6.07, 6.45) is 3.72. The van der Waals surface area contributed by atoms with Crippen LogP contribution in [0.2, 0.25) is 0 Å². The monoisotopic (exact) mass is 190 g/mol. The van der Waals surface area contributed by atoms with E-state index in [1.54, 1.807) is 0 Å². The van der Waals surface area contributed by atoms with Gasteiger partial charge in [-0.15, -0.1) is 0 Å². The van der Waals surface area contributed by atoms with Gasteiger partial charge in [0, 0.05) is 12.2 Å². The zero-order valence-corrected chi connectivity index (χ0v) is 8.72. The van der Waals surface area contributed by atoms with E-state index < -0.39 is 0 Å². The van der Waals surface area contributed by atoms with Gasteiger partial charge in [0.15, 0.2) is 0 Å². The van der Waals surface area contributed by atoms with Crippen molar-refractivity contribution in [2.24, 2.45) is 0 Å². The van der Waals surface area contributed by atoms with E-state index in [9.17, 15) is 0 Å². The lowest BCUT2D eigenvalue weighted by Crippen LogP contribution is -2.21. The molecule has 0 saturated heterocycles. The van der Waals surface area contributed by atoms with E-state index in [0.29, 0.717) is 5.92 Å². The van der Waals surface area contributed by atoms with E-state index in [1.165, 1.54) is 24.0 Å². The highest BCUT2D eigenvalue weighted by Gasteiger charge is 2.20. The largest absolute Gasteiger partial charge is 0.398 e. The predicted octanol–water partition coefficient (Wildman–Crippen LogP) is 1.91. The highest BCUT2D eigenvalue weighted by Crippen LogP contribution is 2.33. The molecule has 0 heterocycles. The molecule has 0 bridgehead atoms. The summed E-state index contributed by atoms with van der Waals surface area (Å²) in [5.41, 5.74) is 9.81. The van der Waals surface area contributed by atoms with Gasteiger partial charge in [-0.2, -0.15) is 0 Å². The Bertz CT molecular complexity index is 320. The summed E-state index contributed by atoms with van der Waals surface area (Å²) in [5.74, 6) is 0.659. The number of likely N-dealkylation sites (N-methyl/N-ethyl adjacent to an activating group) is 1. The second kappa shape index (κ2) is 4.01. The molecule has 0 radical (unpaired) electrons. The highest BCUT2D eigenvalue weighted by atomic mass is 14.8. The molecule has 1 atom stereocenters. The first-order valence-electron chi connectivity index (χ1n) is 5.34. The molecule has 0 spiro atoms. The van der Waals surface area contributed by atoms with Crippen LogP contribution in [0.5, 0.6) is 0 Å². The summed E-state index contributed by atoms with van der Waals surface area (Å²) in [6, 6.07) is 6.32. The SMILES string of the molecule is CNCC1CCCc2c(N)cccc21. The topological polar surface area (TPSA) is 38.0 Å². The quantitative estimate of drug-likeness (QED) is 0.699. The minimum absolute atomic E-state index is 0.659. The molecule has 3 N–H and O–H groups in total. The average Bonchev–Trinajstić information content (AvgIpc) is 2.20. The Morgan fingerprint density at radius 3 is 3.14 bits per heavy atom. The molecule has 76 valence electrons. The Balaban J connectivity index is 2.34. The van der Waals surface area contributed by atoms with Crippen LogP contribution in [0.25, 0.3) is 0 Å². The van der Waals surface area contributed by atoms with Crippen LogP contribution in [0.1, 0.15) is 29.9 Å². The molecule has 1 unspecified atom stereocenters. The minimum Gasteiger partial charge on any atom is -0.398 e. The van der Waals surface area contributed by atoms with Gasteiger partial charge < -0.3 is 11.1 Å². The number of anilines is 1. The van der Waals surface area contributed by atoms with Crippen molar-refractivity contribution >= 4 is 5.69 Å². The average molecular weight is 190 g/mol. The smallest absolute Gasteiger partial charge is 0.0349 e. The van der Waals surface area contributed by atoms with Gasteiger partial charge in [-0.3, -0.25) is 0 Å². The molecular weight excluding hydrogens is 172 g/mol. The van der Waals surface area contributed by atoms with Gasteiger partial charge in [0.2, 0.25) is 0 Å². The van der Waals surface area contributed by atoms with Crippen LogP contribution in [-0.2, 0) is 6.42 Å². The zero-order valence-electron chi connectivity index (χ0n) is 8.72. The minimum atomic E-state index is 0.659. The summed E-state index contributed by atoms with van der Waals surface area (Å²) in [6.45, 7) is 1.07. The molecule has 0 aromatic heterocycles. The lowest BCUT2D eigenvalue weighted by atomic mass is 9.82. The highest BCUT2D eigenvalue weighted by molar-refractivity contribution is 5.53. The maximum absolute atomic E-state index is 5.98. The molecule has 14 heavy (non-hydrogen) atoms. The molecule has 1 aromatic carbocycles. The van der Waals surface area contributed by atoms with Gasteiger partial charge in [0.05, 0.1) is 0 Å². The molecular formula is C12H18N2.